The molecule has 1 aliphatic heterocycles. The van der Waals surface area contributed by atoms with Crippen LogP contribution in [-0.2, 0) is 4.74 Å². The molecule has 2 aromatic carbocycles. The van der Waals surface area contributed by atoms with E-state index in [1.165, 1.54) is 27.0 Å². The molecule has 1 aliphatic rings. The molecule has 0 aliphatic carbocycles. The zero-order valence-electron chi connectivity index (χ0n) is 20.5. The van der Waals surface area contributed by atoms with Gasteiger partial charge in [0, 0.05) is 56.4 Å². The number of aromatic nitrogens is 1. The van der Waals surface area contributed by atoms with Crippen molar-refractivity contribution in [1.82, 2.24) is 9.88 Å². The monoisotopic (exact) mass is 480 g/mol. The van der Waals surface area contributed by atoms with E-state index in [1.54, 1.807) is 12.1 Å². The van der Waals surface area contributed by atoms with Crippen LogP contribution in [0.25, 0.3) is 10.9 Å². The molecule has 0 unspecified atom stereocenters. The van der Waals surface area contributed by atoms with Crippen LogP contribution in [0.3, 0.4) is 0 Å². The molecule has 0 spiro atoms. The maximum atomic E-state index is 12.3. The number of para-hydroxylation sites is 1. The molecule has 1 amide bonds. The number of fused-ring (bicyclic) bond motifs is 1. The molecule has 0 atom stereocenters. The van der Waals surface area contributed by atoms with Gasteiger partial charge in [-0.05, 0) is 18.6 Å². The highest BCUT2D eigenvalue weighted by Gasteiger charge is 2.19. The van der Waals surface area contributed by atoms with Crippen LogP contribution < -0.4 is 24.4 Å². The van der Waals surface area contributed by atoms with Gasteiger partial charge in [0.25, 0.3) is 0 Å². The molecule has 1 saturated heterocycles. The van der Waals surface area contributed by atoms with Crippen LogP contribution in [0.4, 0.5) is 16.2 Å². The van der Waals surface area contributed by atoms with Gasteiger partial charge >= 0.3 is 6.09 Å². The summed E-state index contributed by atoms with van der Waals surface area (Å²) in [5, 5.41) is 3.88. The van der Waals surface area contributed by atoms with E-state index in [0.29, 0.717) is 29.5 Å². The number of pyridine rings is 1. The fraction of sp³-hybridized carbons (Fsp3) is 0.385. The quantitative estimate of drug-likeness (QED) is 0.460. The Labute approximate surface area is 205 Å². The third kappa shape index (κ3) is 5.86. The molecule has 3 aromatic rings. The number of nitrogens with zero attached hydrogens (tertiary/aromatic N) is 3. The fourth-order valence-corrected chi connectivity index (χ4v) is 4.32. The van der Waals surface area contributed by atoms with Gasteiger partial charge in [0.2, 0.25) is 5.75 Å². The number of rotatable bonds is 9. The van der Waals surface area contributed by atoms with Crippen LogP contribution in [0.1, 0.15) is 6.42 Å². The largest absolute Gasteiger partial charge is 0.493 e. The summed E-state index contributed by atoms with van der Waals surface area (Å²) in [6.07, 6.45) is 2.09. The zero-order chi connectivity index (χ0) is 24.6. The van der Waals surface area contributed by atoms with Crippen molar-refractivity contribution in [3.63, 3.8) is 0 Å². The number of benzene rings is 2. The van der Waals surface area contributed by atoms with E-state index in [4.69, 9.17) is 18.9 Å². The molecule has 1 fully saturated rings. The minimum absolute atomic E-state index is 0.337. The first-order valence-corrected chi connectivity index (χ1v) is 11.7. The summed E-state index contributed by atoms with van der Waals surface area (Å²) < 4.78 is 21.3. The van der Waals surface area contributed by atoms with Gasteiger partial charge in [0.1, 0.15) is 0 Å². The Morgan fingerprint density at radius 1 is 0.971 bits per heavy atom. The normalized spacial score (nSPS) is 14.0. The van der Waals surface area contributed by atoms with Crippen LogP contribution in [0.2, 0.25) is 0 Å². The highest BCUT2D eigenvalue weighted by molar-refractivity contribution is 5.90. The molecule has 35 heavy (non-hydrogen) atoms. The van der Waals surface area contributed by atoms with Crippen molar-refractivity contribution in [2.24, 2.45) is 0 Å². The molecular formula is C26H32N4O5. The Bertz CT molecular complexity index is 1120. The molecule has 0 bridgehead atoms. The maximum absolute atomic E-state index is 12.3. The maximum Gasteiger partial charge on any atom is 0.411 e. The van der Waals surface area contributed by atoms with E-state index in [-0.39, 0.29) is 0 Å². The number of hydrogen-bond acceptors (Lipinski definition) is 8. The molecule has 4 rings (SSSR count). The number of piperazine rings is 1. The topological polar surface area (TPSA) is 85.4 Å². The van der Waals surface area contributed by atoms with Crippen molar-refractivity contribution in [3.8, 4) is 17.2 Å². The summed E-state index contributed by atoms with van der Waals surface area (Å²) in [6.45, 7) is 5.01. The molecular weight excluding hydrogens is 448 g/mol. The van der Waals surface area contributed by atoms with E-state index < -0.39 is 6.09 Å². The summed E-state index contributed by atoms with van der Waals surface area (Å²) in [4.78, 5) is 21.6. The number of hydrogen-bond donors (Lipinski definition) is 1. The second kappa shape index (κ2) is 11.6. The lowest BCUT2D eigenvalue weighted by Crippen LogP contribution is -2.46. The van der Waals surface area contributed by atoms with E-state index in [1.807, 2.05) is 12.3 Å². The van der Waals surface area contributed by atoms with E-state index in [0.717, 1.165) is 50.0 Å². The first kappa shape index (κ1) is 24.4. The number of amides is 1. The molecule has 0 saturated carbocycles. The Balaban J connectivity index is 1.21. The summed E-state index contributed by atoms with van der Waals surface area (Å²) in [7, 11) is 4.58. The van der Waals surface area contributed by atoms with Crippen molar-refractivity contribution in [2.75, 3.05) is 70.9 Å². The lowest BCUT2D eigenvalue weighted by atomic mass is 10.1. The van der Waals surface area contributed by atoms with Crippen LogP contribution in [0.5, 0.6) is 17.2 Å². The molecule has 2 heterocycles. The van der Waals surface area contributed by atoms with Gasteiger partial charge in [-0.3, -0.25) is 15.2 Å². The molecule has 9 nitrogen and oxygen atoms in total. The van der Waals surface area contributed by atoms with Gasteiger partial charge in [-0.15, -0.1) is 0 Å². The number of anilines is 2. The summed E-state index contributed by atoms with van der Waals surface area (Å²) >= 11 is 0. The Kier molecular flexibility index (Phi) is 8.10. The minimum atomic E-state index is -0.521. The summed E-state index contributed by atoms with van der Waals surface area (Å²) in [6, 6.07) is 13.7. The predicted molar refractivity (Wildman–Crippen MR) is 136 cm³/mol. The Hall–Kier alpha value is -3.72. The highest BCUT2D eigenvalue weighted by Crippen LogP contribution is 2.39. The van der Waals surface area contributed by atoms with E-state index >= 15 is 0 Å². The van der Waals surface area contributed by atoms with Gasteiger partial charge in [0.05, 0.1) is 44.8 Å². The third-order valence-electron chi connectivity index (χ3n) is 6.09. The van der Waals surface area contributed by atoms with Crippen LogP contribution >= 0.6 is 0 Å². The molecule has 1 aromatic heterocycles. The third-order valence-corrected chi connectivity index (χ3v) is 6.09. The van der Waals surface area contributed by atoms with Gasteiger partial charge in [0.15, 0.2) is 11.5 Å². The number of ether oxygens (including phenoxy) is 4. The SMILES string of the molecule is COc1cc(NC(=O)OCCCN2CCN(c3cccc4cccnc34)CC2)cc(OC)c1OC. The number of nitrogens with one attached hydrogen (secondary N) is 1. The van der Waals surface area contributed by atoms with Crippen LogP contribution in [-0.4, -0.2) is 76.6 Å². The average Bonchev–Trinajstić information content (AvgIpc) is 2.90. The van der Waals surface area contributed by atoms with E-state index in [2.05, 4.69) is 44.4 Å². The van der Waals surface area contributed by atoms with Gasteiger partial charge < -0.3 is 23.8 Å². The van der Waals surface area contributed by atoms with Crippen LogP contribution in [0, 0.1) is 0 Å². The van der Waals surface area contributed by atoms with Gasteiger partial charge in [-0.1, -0.05) is 18.2 Å². The lowest BCUT2D eigenvalue weighted by molar-refractivity contribution is 0.151. The summed E-state index contributed by atoms with van der Waals surface area (Å²) in [5.74, 6) is 1.38. The molecule has 0 radical (unpaired) electrons. The highest BCUT2D eigenvalue weighted by atomic mass is 16.5. The second-order valence-electron chi connectivity index (χ2n) is 8.21. The lowest BCUT2D eigenvalue weighted by Gasteiger charge is -2.36. The molecule has 1 N–H and O–H groups in total. The Morgan fingerprint density at radius 2 is 1.69 bits per heavy atom. The number of methoxy groups -OCH3 is 3. The average molecular weight is 481 g/mol. The smallest absolute Gasteiger partial charge is 0.411 e. The minimum Gasteiger partial charge on any atom is -0.493 e. The Morgan fingerprint density at radius 3 is 2.37 bits per heavy atom. The molecule has 9 heteroatoms. The second-order valence-corrected chi connectivity index (χ2v) is 8.21. The van der Waals surface area contributed by atoms with Crippen LogP contribution in [0.15, 0.2) is 48.7 Å². The standard InChI is InChI=1S/C26H32N4O5/c1-32-22-17-20(18-23(33-2)25(22)34-3)28-26(31)35-16-6-11-29-12-14-30(15-13-29)21-9-4-7-19-8-5-10-27-24(19)21/h4-5,7-10,17-18H,6,11-16H2,1-3H3,(H,28,31). The van der Waals surface area contributed by atoms with Crippen molar-refractivity contribution < 1.29 is 23.7 Å². The fourth-order valence-electron chi connectivity index (χ4n) is 4.32. The van der Waals surface area contributed by atoms with Crippen molar-refractivity contribution in [2.45, 2.75) is 6.42 Å². The molecule has 186 valence electrons. The van der Waals surface area contributed by atoms with Crippen molar-refractivity contribution in [3.05, 3.63) is 48.7 Å². The predicted octanol–water partition coefficient (Wildman–Crippen LogP) is 4.02. The van der Waals surface area contributed by atoms with Crippen molar-refractivity contribution >= 4 is 28.4 Å². The van der Waals surface area contributed by atoms with Crippen molar-refractivity contribution in [1.29, 1.82) is 0 Å². The van der Waals surface area contributed by atoms with Gasteiger partial charge in [-0.2, -0.15) is 0 Å². The van der Waals surface area contributed by atoms with E-state index in [9.17, 15) is 4.79 Å². The first-order valence-electron chi connectivity index (χ1n) is 11.7. The van der Waals surface area contributed by atoms with Gasteiger partial charge in [-0.25, -0.2) is 4.79 Å². The first-order chi connectivity index (χ1) is 17.1. The number of carbonyl (C=O) groups excluding carboxylic acids is 1. The summed E-state index contributed by atoms with van der Waals surface area (Å²) in [5.41, 5.74) is 2.74. The zero-order valence-corrected chi connectivity index (χ0v) is 20.5. The number of carbonyl (C=O) groups is 1.